The molecule has 5 aromatic rings. The maximum Gasteiger partial charge on any atom is 0.0464 e. The smallest absolute Gasteiger partial charge is 0.0464 e. The van der Waals surface area contributed by atoms with E-state index in [1.165, 1.54) is 33.2 Å². The van der Waals surface area contributed by atoms with Crippen LogP contribution in [0.25, 0.3) is 33.1 Å². The van der Waals surface area contributed by atoms with Crippen molar-refractivity contribution in [3.8, 4) is 11.3 Å². The number of aryl methyl sites for hydroxylation is 1. The predicted molar refractivity (Wildman–Crippen MR) is 112 cm³/mol. The van der Waals surface area contributed by atoms with Crippen molar-refractivity contribution in [3.05, 3.63) is 95.6 Å². The van der Waals surface area contributed by atoms with Crippen LogP contribution in [-0.4, -0.2) is 9.97 Å². The van der Waals surface area contributed by atoms with E-state index in [4.69, 9.17) is 11.6 Å². The monoisotopic (exact) mass is 358 g/mol. The topological polar surface area (TPSA) is 31.6 Å². The second-order valence-corrected chi connectivity index (χ2v) is 6.76. The summed E-state index contributed by atoms with van der Waals surface area (Å²) in [6, 6.07) is 28.8. The molecule has 5 rings (SSSR count). The van der Waals surface area contributed by atoms with Crippen LogP contribution in [0.2, 0.25) is 5.02 Å². The molecular weight excluding hydrogens is 340 g/mol. The number of hydrogen-bond donors (Lipinski definition) is 2. The molecule has 0 saturated carbocycles. The van der Waals surface area contributed by atoms with Crippen LogP contribution in [0, 0.1) is 6.92 Å². The normalized spacial score (nSPS) is 10.7. The zero-order valence-electron chi connectivity index (χ0n) is 14.5. The minimum atomic E-state index is 0.788. The fourth-order valence-corrected chi connectivity index (χ4v) is 3.28. The number of hydrogen-bond acceptors (Lipinski definition) is 0. The number of aromatic amines is 2. The lowest BCUT2D eigenvalue weighted by atomic mass is 10.1. The highest BCUT2D eigenvalue weighted by Gasteiger charge is 2.01. The Kier molecular flexibility index (Phi) is 4.51. The van der Waals surface area contributed by atoms with Gasteiger partial charge in [0, 0.05) is 38.2 Å². The van der Waals surface area contributed by atoms with Crippen LogP contribution in [0.4, 0.5) is 0 Å². The molecule has 0 amide bonds. The third-order valence-electron chi connectivity index (χ3n) is 4.33. The Bertz CT molecular complexity index is 1120. The van der Waals surface area contributed by atoms with Crippen molar-refractivity contribution in [1.82, 2.24) is 9.97 Å². The van der Waals surface area contributed by atoms with Crippen molar-refractivity contribution < 1.29 is 0 Å². The third-order valence-corrected chi connectivity index (χ3v) is 4.57. The number of halogens is 1. The van der Waals surface area contributed by atoms with E-state index < -0.39 is 0 Å². The van der Waals surface area contributed by atoms with Gasteiger partial charge in [0.1, 0.15) is 0 Å². The Hall–Kier alpha value is -2.97. The first-order valence-corrected chi connectivity index (χ1v) is 8.95. The first-order chi connectivity index (χ1) is 12.7. The molecule has 2 heterocycles. The minimum Gasteiger partial charge on any atom is -0.359 e. The average molecular weight is 359 g/mol. The Morgan fingerprint density at radius 1 is 0.654 bits per heavy atom. The van der Waals surface area contributed by atoms with Gasteiger partial charge in [-0.2, -0.15) is 0 Å². The number of benzene rings is 3. The summed E-state index contributed by atoms with van der Waals surface area (Å²) in [6.45, 7) is 2.04. The summed E-state index contributed by atoms with van der Waals surface area (Å²) >= 11 is 5.81. The van der Waals surface area contributed by atoms with Crippen molar-refractivity contribution in [2.75, 3.05) is 0 Å². The van der Waals surface area contributed by atoms with Crippen LogP contribution in [0.5, 0.6) is 0 Å². The summed E-state index contributed by atoms with van der Waals surface area (Å²) in [7, 11) is 0. The first kappa shape index (κ1) is 16.5. The van der Waals surface area contributed by atoms with E-state index in [9.17, 15) is 0 Å². The van der Waals surface area contributed by atoms with Gasteiger partial charge in [0.25, 0.3) is 0 Å². The van der Waals surface area contributed by atoms with Crippen molar-refractivity contribution in [2.45, 2.75) is 6.92 Å². The number of H-pyrrole nitrogens is 2. The van der Waals surface area contributed by atoms with Crippen LogP contribution in [0.1, 0.15) is 5.69 Å². The van der Waals surface area contributed by atoms with E-state index in [1.54, 1.807) is 0 Å². The van der Waals surface area contributed by atoms with E-state index in [1.807, 2.05) is 37.3 Å². The Labute approximate surface area is 157 Å². The number of nitrogens with one attached hydrogen (secondary N) is 2. The molecule has 0 atom stereocenters. The molecule has 0 aliphatic carbocycles. The quantitative estimate of drug-likeness (QED) is 0.324. The summed E-state index contributed by atoms with van der Waals surface area (Å²) in [6.07, 6.45) is 0. The van der Waals surface area contributed by atoms with Gasteiger partial charge in [-0.1, -0.05) is 60.1 Å². The SMILES string of the molecule is Cc1cc2cc(Cl)ccc2[nH]1.c1ccc(-c2cc3ccccc3[nH]2)cc1. The van der Waals surface area contributed by atoms with Gasteiger partial charge >= 0.3 is 0 Å². The van der Waals surface area contributed by atoms with Gasteiger partial charge in [-0.15, -0.1) is 0 Å². The second-order valence-electron chi connectivity index (χ2n) is 6.32. The molecule has 3 heteroatoms. The zero-order chi connectivity index (χ0) is 17.9. The summed E-state index contributed by atoms with van der Waals surface area (Å²) in [5, 5.41) is 3.22. The number of para-hydroxylation sites is 1. The van der Waals surface area contributed by atoms with Crippen molar-refractivity contribution >= 4 is 33.4 Å². The molecule has 0 saturated heterocycles. The van der Waals surface area contributed by atoms with Gasteiger partial charge in [-0.3, -0.25) is 0 Å². The number of rotatable bonds is 1. The molecule has 0 unspecified atom stereocenters. The van der Waals surface area contributed by atoms with Crippen LogP contribution in [0.3, 0.4) is 0 Å². The third kappa shape index (κ3) is 3.51. The fraction of sp³-hybridized carbons (Fsp3) is 0.0435. The molecule has 26 heavy (non-hydrogen) atoms. The van der Waals surface area contributed by atoms with Gasteiger partial charge < -0.3 is 9.97 Å². The lowest BCUT2D eigenvalue weighted by Crippen LogP contribution is -1.74. The molecule has 0 bridgehead atoms. The van der Waals surface area contributed by atoms with Crippen molar-refractivity contribution in [3.63, 3.8) is 0 Å². The van der Waals surface area contributed by atoms with E-state index in [-0.39, 0.29) is 0 Å². The van der Waals surface area contributed by atoms with Gasteiger partial charge in [0.2, 0.25) is 0 Å². The Morgan fingerprint density at radius 3 is 2.19 bits per heavy atom. The molecule has 0 fully saturated rings. The van der Waals surface area contributed by atoms with Gasteiger partial charge in [0.05, 0.1) is 0 Å². The molecule has 0 radical (unpaired) electrons. The maximum atomic E-state index is 5.81. The molecular formula is C23H19ClN2. The molecule has 0 aliphatic heterocycles. The molecule has 2 nitrogen and oxygen atoms in total. The van der Waals surface area contributed by atoms with E-state index in [0.29, 0.717) is 0 Å². The predicted octanol–water partition coefficient (Wildman–Crippen LogP) is 6.96. The first-order valence-electron chi connectivity index (χ1n) is 8.57. The number of fused-ring (bicyclic) bond motifs is 2. The summed E-state index contributed by atoms with van der Waals surface area (Å²) in [4.78, 5) is 6.64. The molecule has 128 valence electrons. The van der Waals surface area contributed by atoms with Crippen LogP contribution in [0.15, 0.2) is 84.9 Å². The maximum absolute atomic E-state index is 5.81. The molecule has 2 aromatic heterocycles. The fourth-order valence-electron chi connectivity index (χ4n) is 3.10. The Morgan fingerprint density at radius 2 is 1.38 bits per heavy atom. The van der Waals surface area contributed by atoms with Crippen LogP contribution in [-0.2, 0) is 0 Å². The van der Waals surface area contributed by atoms with E-state index in [2.05, 4.69) is 64.6 Å². The summed E-state index contributed by atoms with van der Waals surface area (Å²) < 4.78 is 0. The average Bonchev–Trinajstić information content (AvgIpc) is 3.25. The molecule has 0 spiro atoms. The lowest BCUT2D eigenvalue weighted by molar-refractivity contribution is 1.30. The largest absolute Gasteiger partial charge is 0.359 e. The van der Waals surface area contributed by atoms with Gasteiger partial charge in [0.15, 0.2) is 0 Å². The molecule has 3 aromatic carbocycles. The van der Waals surface area contributed by atoms with Gasteiger partial charge in [-0.25, -0.2) is 0 Å². The summed E-state index contributed by atoms with van der Waals surface area (Å²) in [5.74, 6) is 0. The van der Waals surface area contributed by atoms with E-state index in [0.717, 1.165) is 10.5 Å². The highest BCUT2D eigenvalue weighted by molar-refractivity contribution is 6.31. The molecule has 0 aliphatic rings. The van der Waals surface area contributed by atoms with Crippen LogP contribution < -0.4 is 0 Å². The van der Waals surface area contributed by atoms with E-state index >= 15 is 0 Å². The molecule has 2 N–H and O–H groups in total. The summed E-state index contributed by atoms with van der Waals surface area (Å²) in [5.41, 5.74) is 5.91. The van der Waals surface area contributed by atoms with Crippen LogP contribution >= 0.6 is 11.6 Å². The van der Waals surface area contributed by atoms with Crippen molar-refractivity contribution in [1.29, 1.82) is 0 Å². The lowest BCUT2D eigenvalue weighted by Gasteiger charge is -1.94. The highest BCUT2D eigenvalue weighted by atomic mass is 35.5. The van der Waals surface area contributed by atoms with Crippen molar-refractivity contribution in [2.24, 2.45) is 0 Å². The second kappa shape index (κ2) is 7.11. The minimum absolute atomic E-state index is 0.788. The zero-order valence-corrected chi connectivity index (χ0v) is 15.2. The van der Waals surface area contributed by atoms with Gasteiger partial charge in [-0.05, 0) is 48.9 Å². The Balaban J connectivity index is 0.000000136. The number of aromatic nitrogens is 2. The highest BCUT2D eigenvalue weighted by Crippen LogP contribution is 2.23. The standard InChI is InChI=1S/C14H11N.C9H8ClN/c1-2-6-11(7-3-1)14-10-12-8-4-5-9-13(12)15-14;1-6-4-7-5-8(10)2-3-9(7)11-6/h1-10,15H;2-5,11H,1H3.